The first-order valence-electron chi connectivity index (χ1n) is 9.24. The number of anilines is 2. The Balaban J connectivity index is 1.51. The molecule has 1 N–H and O–H groups in total. The fraction of sp³-hybridized carbons (Fsp3) is 0.429. The van der Waals surface area contributed by atoms with Gasteiger partial charge in [0.15, 0.2) is 0 Å². The second kappa shape index (κ2) is 7.40. The van der Waals surface area contributed by atoms with Crippen LogP contribution in [0.4, 0.5) is 11.4 Å². The third kappa shape index (κ3) is 3.71. The molecular weight excluding hydrogens is 328 g/mol. The Labute approximate surface area is 154 Å². The van der Waals surface area contributed by atoms with Gasteiger partial charge in [0.2, 0.25) is 0 Å². The minimum Gasteiger partial charge on any atom is -0.390 e. The first-order chi connectivity index (χ1) is 12.2. The molecule has 2 aliphatic heterocycles. The Morgan fingerprint density at radius 3 is 2.12 bits per heavy atom. The quantitative estimate of drug-likeness (QED) is 0.881. The van der Waals surface area contributed by atoms with Gasteiger partial charge in [0.25, 0.3) is 0 Å². The van der Waals surface area contributed by atoms with Crippen LogP contribution in [0.2, 0.25) is 0 Å². The van der Waals surface area contributed by atoms with Gasteiger partial charge in [0.05, 0.1) is 24.0 Å². The first kappa shape index (κ1) is 17.0. The van der Waals surface area contributed by atoms with Crippen LogP contribution in [0, 0.1) is 5.92 Å². The molecule has 0 saturated carbocycles. The highest BCUT2D eigenvalue weighted by molar-refractivity contribution is 7.99. The summed E-state index contributed by atoms with van der Waals surface area (Å²) >= 11 is 1.82. The van der Waals surface area contributed by atoms with Crippen molar-refractivity contribution in [1.82, 2.24) is 4.90 Å². The van der Waals surface area contributed by atoms with E-state index in [2.05, 4.69) is 65.3 Å². The summed E-state index contributed by atoms with van der Waals surface area (Å²) in [6.07, 6.45) is 2.15. The molecule has 0 aliphatic carbocycles. The van der Waals surface area contributed by atoms with Crippen molar-refractivity contribution in [3.63, 3.8) is 0 Å². The number of fused-ring (bicyclic) bond motifs is 2. The van der Waals surface area contributed by atoms with Crippen molar-refractivity contribution >= 4 is 23.1 Å². The van der Waals surface area contributed by atoms with Gasteiger partial charge in [0, 0.05) is 16.3 Å². The molecule has 1 saturated heterocycles. The standard InChI is InChI=1S/C21H26N2OS/c1-16-10-12-22(13-11-16)14-17(24)15-23-18-6-2-4-8-20(18)25-21-9-5-3-7-19(21)23/h2-9,16-17,24H,10-15H2,1H3. The molecule has 25 heavy (non-hydrogen) atoms. The average Bonchev–Trinajstić information content (AvgIpc) is 2.63. The molecule has 0 amide bonds. The second-order valence-electron chi connectivity index (χ2n) is 7.29. The third-order valence-electron chi connectivity index (χ3n) is 5.27. The number of β-amino-alcohol motifs (C(OH)–C–C–N with tert-alkyl or cyclic N) is 1. The van der Waals surface area contributed by atoms with Crippen molar-refractivity contribution in [2.45, 2.75) is 35.7 Å². The topological polar surface area (TPSA) is 26.7 Å². The largest absolute Gasteiger partial charge is 0.390 e. The van der Waals surface area contributed by atoms with Gasteiger partial charge in [-0.05, 0) is 56.1 Å². The molecule has 1 unspecified atom stereocenters. The lowest BCUT2D eigenvalue weighted by Gasteiger charge is -2.36. The van der Waals surface area contributed by atoms with E-state index in [1.54, 1.807) is 0 Å². The number of benzene rings is 2. The summed E-state index contributed by atoms with van der Waals surface area (Å²) in [5.74, 6) is 0.825. The van der Waals surface area contributed by atoms with Crippen molar-refractivity contribution < 1.29 is 5.11 Å². The van der Waals surface area contributed by atoms with E-state index in [1.807, 2.05) is 11.8 Å². The molecule has 132 valence electrons. The van der Waals surface area contributed by atoms with E-state index in [4.69, 9.17) is 0 Å². The van der Waals surface area contributed by atoms with Gasteiger partial charge < -0.3 is 14.9 Å². The van der Waals surface area contributed by atoms with Crippen LogP contribution in [0.5, 0.6) is 0 Å². The molecule has 4 rings (SSSR count). The van der Waals surface area contributed by atoms with E-state index in [1.165, 1.54) is 34.0 Å². The van der Waals surface area contributed by atoms with E-state index in [0.717, 1.165) is 25.6 Å². The van der Waals surface area contributed by atoms with Crippen LogP contribution in [0.25, 0.3) is 0 Å². The van der Waals surface area contributed by atoms with Crippen LogP contribution in [-0.4, -0.2) is 42.3 Å². The Morgan fingerprint density at radius 2 is 1.52 bits per heavy atom. The smallest absolute Gasteiger partial charge is 0.0845 e. The zero-order valence-electron chi connectivity index (χ0n) is 14.8. The molecule has 0 aromatic heterocycles. The molecule has 0 radical (unpaired) electrons. The van der Waals surface area contributed by atoms with Crippen molar-refractivity contribution in [3.8, 4) is 0 Å². The highest BCUT2D eigenvalue weighted by Gasteiger charge is 2.26. The maximum Gasteiger partial charge on any atom is 0.0845 e. The summed E-state index contributed by atoms with van der Waals surface area (Å²) in [6, 6.07) is 17.0. The van der Waals surface area contributed by atoms with E-state index >= 15 is 0 Å². The number of rotatable bonds is 4. The van der Waals surface area contributed by atoms with E-state index in [0.29, 0.717) is 6.54 Å². The number of hydrogen-bond donors (Lipinski definition) is 1. The Bertz CT molecular complexity index is 682. The summed E-state index contributed by atoms with van der Waals surface area (Å²) in [7, 11) is 0. The van der Waals surface area contributed by atoms with Crippen molar-refractivity contribution in [3.05, 3.63) is 48.5 Å². The Morgan fingerprint density at radius 1 is 0.960 bits per heavy atom. The Hall–Kier alpha value is -1.49. The zero-order valence-corrected chi connectivity index (χ0v) is 15.6. The van der Waals surface area contributed by atoms with Gasteiger partial charge in [-0.1, -0.05) is 43.0 Å². The van der Waals surface area contributed by atoms with Crippen LogP contribution in [0.15, 0.2) is 58.3 Å². The lowest BCUT2D eigenvalue weighted by Crippen LogP contribution is -2.42. The van der Waals surface area contributed by atoms with Crippen molar-refractivity contribution in [2.24, 2.45) is 5.92 Å². The molecule has 0 bridgehead atoms. The Kier molecular flexibility index (Phi) is 5.02. The minimum absolute atomic E-state index is 0.349. The van der Waals surface area contributed by atoms with Gasteiger partial charge >= 0.3 is 0 Å². The van der Waals surface area contributed by atoms with E-state index in [-0.39, 0.29) is 6.10 Å². The number of para-hydroxylation sites is 2. The SMILES string of the molecule is CC1CCN(CC(O)CN2c3ccccc3Sc3ccccc32)CC1. The highest BCUT2D eigenvalue weighted by Crippen LogP contribution is 2.47. The van der Waals surface area contributed by atoms with Gasteiger partial charge in [-0.25, -0.2) is 0 Å². The number of nitrogens with zero attached hydrogens (tertiary/aromatic N) is 2. The summed E-state index contributed by atoms with van der Waals surface area (Å²) < 4.78 is 0. The van der Waals surface area contributed by atoms with Crippen LogP contribution in [0.3, 0.4) is 0 Å². The van der Waals surface area contributed by atoms with Gasteiger partial charge in [0.1, 0.15) is 0 Å². The number of aliphatic hydroxyl groups is 1. The molecule has 0 spiro atoms. The summed E-state index contributed by atoms with van der Waals surface area (Å²) in [4.78, 5) is 7.24. The maximum atomic E-state index is 10.8. The number of hydrogen-bond acceptors (Lipinski definition) is 4. The lowest BCUT2D eigenvalue weighted by molar-refractivity contribution is 0.0963. The predicted octanol–water partition coefficient (Wildman–Crippen LogP) is 4.38. The second-order valence-corrected chi connectivity index (χ2v) is 8.37. The van der Waals surface area contributed by atoms with Crippen LogP contribution in [0.1, 0.15) is 19.8 Å². The molecule has 2 aliphatic rings. The van der Waals surface area contributed by atoms with Gasteiger partial charge in [-0.2, -0.15) is 0 Å². The van der Waals surface area contributed by atoms with E-state index < -0.39 is 0 Å². The fourth-order valence-electron chi connectivity index (χ4n) is 3.79. The summed E-state index contributed by atoms with van der Waals surface area (Å²) in [6.45, 7) is 5.96. The summed E-state index contributed by atoms with van der Waals surface area (Å²) in [5, 5.41) is 10.8. The molecule has 2 aromatic rings. The normalized spacial score (nSPS) is 19.4. The molecular formula is C21H26N2OS. The first-order valence-corrected chi connectivity index (χ1v) is 10.1. The molecule has 1 fully saturated rings. The lowest BCUT2D eigenvalue weighted by atomic mass is 9.99. The van der Waals surface area contributed by atoms with Gasteiger partial charge in [-0.3, -0.25) is 0 Å². The zero-order chi connectivity index (χ0) is 17.2. The monoisotopic (exact) mass is 354 g/mol. The maximum absolute atomic E-state index is 10.8. The molecule has 4 heteroatoms. The predicted molar refractivity (Wildman–Crippen MR) is 105 cm³/mol. The highest BCUT2D eigenvalue weighted by atomic mass is 32.2. The van der Waals surface area contributed by atoms with Gasteiger partial charge in [-0.15, -0.1) is 0 Å². The number of piperidine rings is 1. The third-order valence-corrected chi connectivity index (χ3v) is 6.40. The van der Waals surface area contributed by atoms with Crippen molar-refractivity contribution in [1.29, 1.82) is 0 Å². The number of aliphatic hydroxyl groups excluding tert-OH is 1. The molecule has 1 atom stereocenters. The molecule has 3 nitrogen and oxygen atoms in total. The van der Waals surface area contributed by atoms with Crippen LogP contribution in [-0.2, 0) is 0 Å². The summed E-state index contributed by atoms with van der Waals surface area (Å²) in [5.41, 5.74) is 2.41. The van der Waals surface area contributed by atoms with Crippen LogP contribution >= 0.6 is 11.8 Å². The average molecular weight is 355 g/mol. The minimum atomic E-state index is -0.349. The van der Waals surface area contributed by atoms with Crippen LogP contribution < -0.4 is 4.90 Å². The molecule has 2 heterocycles. The van der Waals surface area contributed by atoms with Crippen molar-refractivity contribution in [2.75, 3.05) is 31.1 Å². The molecule has 2 aromatic carbocycles. The number of likely N-dealkylation sites (tertiary alicyclic amines) is 1. The fourth-order valence-corrected chi connectivity index (χ4v) is 4.88. The van der Waals surface area contributed by atoms with E-state index in [9.17, 15) is 5.11 Å².